The number of hydrogen-bond acceptors (Lipinski definition) is 3. The Hall–Kier alpha value is -1.31. The van der Waals surface area contributed by atoms with E-state index in [-0.39, 0.29) is 46.2 Å². The normalized spacial score (nSPS) is 8.24. The molecule has 2 aromatic carbocycles. The number of carboxylic acids is 2. The third-order valence-electron chi connectivity index (χ3n) is 2.11. The molecule has 0 aliphatic heterocycles. The molecule has 0 saturated heterocycles. The van der Waals surface area contributed by atoms with Gasteiger partial charge in [-0.2, -0.15) is 0 Å². The fourth-order valence-electron chi connectivity index (χ4n) is 1.21. The number of hydrogen-bond donors (Lipinski definition) is 3. The molecule has 0 heterocycles. The summed E-state index contributed by atoms with van der Waals surface area (Å²) in [6.45, 7) is 0. The van der Waals surface area contributed by atoms with E-state index in [0.717, 1.165) is 11.0 Å². The van der Waals surface area contributed by atoms with E-state index < -0.39 is 11.9 Å². The molecular formula is C14H15NaO5S. The van der Waals surface area contributed by atoms with Crippen LogP contribution in [0.4, 0.5) is 0 Å². The van der Waals surface area contributed by atoms with Crippen molar-refractivity contribution in [2.45, 2.75) is 4.90 Å². The predicted molar refractivity (Wildman–Crippen MR) is 84.8 cm³/mol. The van der Waals surface area contributed by atoms with Crippen LogP contribution < -0.4 is 0 Å². The zero-order valence-corrected chi connectivity index (χ0v) is 11.2. The summed E-state index contributed by atoms with van der Waals surface area (Å²) < 4.78 is 0. The topological polar surface area (TPSA) is 106 Å². The second kappa shape index (κ2) is 11.4. The fraction of sp³-hybridized carbons (Fsp3) is 0. The third kappa shape index (κ3) is 8.54. The fourth-order valence-corrected chi connectivity index (χ4v) is 1.39. The van der Waals surface area contributed by atoms with Crippen LogP contribution in [-0.2, 0) is 0 Å². The molecule has 0 radical (unpaired) electrons. The van der Waals surface area contributed by atoms with Gasteiger partial charge in [-0.1, -0.05) is 24.3 Å². The van der Waals surface area contributed by atoms with Crippen LogP contribution in [-0.4, -0.2) is 57.2 Å². The van der Waals surface area contributed by atoms with Gasteiger partial charge in [0.2, 0.25) is 0 Å². The van der Waals surface area contributed by atoms with Crippen LogP contribution in [0.2, 0.25) is 0 Å². The monoisotopic (exact) mass is 318 g/mol. The van der Waals surface area contributed by atoms with Gasteiger partial charge in [0, 0.05) is 4.90 Å². The summed E-state index contributed by atoms with van der Waals surface area (Å²) in [4.78, 5) is 21.8. The minimum atomic E-state index is -1.13. The van der Waals surface area contributed by atoms with Crippen molar-refractivity contribution in [1.82, 2.24) is 0 Å². The summed E-state index contributed by atoms with van der Waals surface area (Å²) in [5.41, 5.74) is -0.0372. The van der Waals surface area contributed by atoms with Crippen LogP contribution in [0.5, 0.6) is 0 Å². The second-order valence-electron chi connectivity index (χ2n) is 3.53. The summed E-state index contributed by atoms with van der Waals surface area (Å²) in [6, 6.07) is 15.0. The molecular weight excluding hydrogens is 303 g/mol. The first kappa shape index (κ1) is 22.0. The van der Waals surface area contributed by atoms with Crippen molar-refractivity contribution in [1.29, 1.82) is 0 Å². The Morgan fingerprint density at radius 3 is 1.52 bits per heavy atom. The number of carbonyl (C=O) groups is 2. The van der Waals surface area contributed by atoms with Crippen LogP contribution in [0.15, 0.2) is 59.5 Å². The van der Waals surface area contributed by atoms with Crippen molar-refractivity contribution < 1.29 is 25.3 Å². The summed E-state index contributed by atoms with van der Waals surface area (Å²) in [7, 11) is 0. The Kier molecular flexibility index (Phi) is 11.9. The zero-order valence-electron chi connectivity index (χ0n) is 10.4. The van der Waals surface area contributed by atoms with Crippen LogP contribution in [0.3, 0.4) is 0 Å². The Balaban J connectivity index is 0. The Morgan fingerprint density at radius 2 is 1.24 bits per heavy atom. The quantitative estimate of drug-likeness (QED) is 0.577. The third-order valence-corrected chi connectivity index (χ3v) is 2.41. The van der Waals surface area contributed by atoms with Crippen LogP contribution in [0.25, 0.3) is 0 Å². The van der Waals surface area contributed by atoms with Gasteiger partial charge in [-0.15, -0.1) is 12.6 Å². The van der Waals surface area contributed by atoms with Gasteiger partial charge in [-0.3, -0.25) is 0 Å². The molecule has 0 atom stereocenters. The van der Waals surface area contributed by atoms with Gasteiger partial charge < -0.3 is 15.7 Å². The van der Waals surface area contributed by atoms with Crippen molar-refractivity contribution in [3.05, 3.63) is 65.7 Å². The molecule has 0 aliphatic carbocycles. The zero-order chi connectivity index (χ0) is 14.3. The predicted octanol–water partition coefficient (Wildman–Crippen LogP) is 1.59. The maximum absolute atomic E-state index is 10.4. The average Bonchev–Trinajstić information content (AvgIpc) is 2.40. The first-order valence-corrected chi connectivity index (χ1v) is 5.76. The summed E-state index contributed by atoms with van der Waals surface area (Å²) >= 11 is 4.08. The van der Waals surface area contributed by atoms with E-state index in [2.05, 4.69) is 12.6 Å². The summed E-state index contributed by atoms with van der Waals surface area (Å²) in [5.74, 6) is -2.25. The molecule has 7 heteroatoms. The van der Waals surface area contributed by atoms with Crippen molar-refractivity contribution >= 4 is 54.1 Å². The molecule has 0 bridgehead atoms. The standard InChI is InChI=1S/C8H6O4.C6H6S.Na.H2O.H/c9-7(10)5-2-1-3-6(4-5)8(11)12;7-6-4-2-1-3-5-6;;;/h1-4H,(H,9,10)(H,11,12);1-5,7H;;1H2;. The molecule has 0 aliphatic rings. The molecule has 2 aromatic rings. The molecule has 0 unspecified atom stereocenters. The van der Waals surface area contributed by atoms with Gasteiger partial charge >= 0.3 is 41.5 Å². The van der Waals surface area contributed by atoms with E-state index in [1.165, 1.54) is 18.2 Å². The number of rotatable bonds is 2. The SMILES string of the molecule is O.O=C(O)c1cccc(C(=O)O)c1.Sc1ccccc1.[NaH]. The number of aromatic carboxylic acids is 2. The van der Waals surface area contributed by atoms with E-state index in [1.807, 2.05) is 30.3 Å². The van der Waals surface area contributed by atoms with Crippen molar-refractivity contribution in [2.75, 3.05) is 0 Å². The van der Waals surface area contributed by atoms with E-state index in [9.17, 15) is 9.59 Å². The number of thiol groups is 1. The van der Waals surface area contributed by atoms with Gasteiger partial charge in [0.1, 0.15) is 0 Å². The molecule has 0 aromatic heterocycles. The van der Waals surface area contributed by atoms with Gasteiger partial charge in [0.15, 0.2) is 0 Å². The average molecular weight is 318 g/mol. The minimum absolute atomic E-state index is 0. The van der Waals surface area contributed by atoms with Crippen molar-refractivity contribution in [3.8, 4) is 0 Å². The molecule has 0 spiro atoms. The van der Waals surface area contributed by atoms with E-state index in [1.54, 1.807) is 0 Å². The van der Waals surface area contributed by atoms with Crippen molar-refractivity contribution in [3.63, 3.8) is 0 Å². The molecule has 2 rings (SSSR count). The summed E-state index contributed by atoms with van der Waals surface area (Å²) in [6.07, 6.45) is 0. The molecule has 0 amide bonds. The molecule has 5 nitrogen and oxygen atoms in total. The first-order chi connectivity index (χ1) is 9.00. The van der Waals surface area contributed by atoms with Gasteiger partial charge in [0.05, 0.1) is 11.1 Å². The summed E-state index contributed by atoms with van der Waals surface area (Å²) in [5, 5.41) is 17.0. The first-order valence-electron chi connectivity index (χ1n) is 5.31. The molecule has 108 valence electrons. The Labute approximate surface area is 149 Å². The van der Waals surface area contributed by atoms with Crippen LogP contribution >= 0.6 is 12.6 Å². The number of benzene rings is 2. The van der Waals surface area contributed by atoms with Gasteiger partial charge in [-0.25, -0.2) is 9.59 Å². The second-order valence-corrected chi connectivity index (χ2v) is 4.04. The number of carboxylic acid groups (broad SMARTS) is 2. The van der Waals surface area contributed by atoms with E-state index >= 15 is 0 Å². The van der Waals surface area contributed by atoms with Crippen LogP contribution in [0, 0.1) is 0 Å². The van der Waals surface area contributed by atoms with E-state index in [4.69, 9.17) is 10.2 Å². The van der Waals surface area contributed by atoms with Crippen LogP contribution in [0.1, 0.15) is 20.7 Å². The van der Waals surface area contributed by atoms with E-state index in [0.29, 0.717) is 0 Å². The maximum atomic E-state index is 10.4. The Morgan fingerprint density at radius 1 is 0.810 bits per heavy atom. The molecule has 21 heavy (non-hydrogen) atoms. The molecule has 0 fully saturated rings. The Bertz CT molecular complexity index is 545. The molecule has 0 saturated carbocycles. The van der Waals surface area contributed by atoms with Gasteiger partial charge in [-0.05, 0) is 30.3 Å². The molecule has 4 N–H and O–H groups in total. The van der Waals surface area contributed by atoms with Gasteiger partial charge in [0.25, 0.3) is 0 Å². The van der Waals surface area contributed by atoms with Crippen molar-refractivity contribution in [2.24, 2.45) is 0 Å².